The molecule has 0 amide bonds. The van der Waals surface area contributed by atoms with Gasteiger partial charge in [-0.1, -0.05) is 12.1 Å². The fourth-order valence-corrected chi connectivity index (χ4v) is 2.33. The van der Waals surface area contributed by atoms with E-state index in [1.165, 1.54) is 19.1 Å². The minimum atomic E-state index is -1.25. The topological polar surface area (TPSA) is 32.3 Å². The number of halogens is 2. The van der Waals surface area contributed by atoms with E-state index < -0.39 is 17.2 Å². The summed E-state index contributed by atoms with van der Waals surface area (Å²) in [6.45, 7) is 2.94. The standard InChI is InChI=1S/C13H17F2NO/c1-9-3-4-10(12(15)11(9)14)13(17)5-2-7-16-8-6-13/h3-4,16-17H,2,5-8H2,1H3. The van der Waals surface area contributed by atoms with Crippen molar-refractivity contribution in [2.75, 3.05) is 13.1 Å². The molecule has 0 saturated carbocycles. The molecule has 1 aliphatic rings. The van der Waals surface area contributed by atoms with Crippen LogP contribution in [0.5, 0.6) is 0 Å². The highest BCUT2D eigenvalue weighted by atomic mass is 19.2. The van der Waals surface area contributed by atoms with Crippen LogP contribution >= 0.6 is 0 Å². The summed E-state index contributed by atoms with van der Waals surface area (Å²) in [6.07, 6.45) is 1.62. The van der Waals surface area contributed by atoms with E-state index in [9.17, 15) is 13.9 Å². The number of aliphatic hydroxyl groups is 1. The van der Waals surface area contributed by atoms with Gasteiger partial charge in [-0.3, -0.25) is 0 Å². The zero-order chi connectivity index (χ0) is 12.5. The van der Waals surface area contributed by atoms with Crippen molar-refractivity contribution in [1.29, 1.82) is 0 Å². The third-order valence-electron chi connectivity index (χ3n) is 3.44. The Bertz CT molecular complexity index is 412. The summed E-state index contributed by atoms with van der Waals surface area (Å²) < 4.78 is 27.4. The molecule has 17 heavy (non-hydrogen) atoms. The van der Waals surface area contributed by atoms with Gasteiger partial charge in [-0.2, -0.15) is 0 Å². The Kier molecular flexibility index (Phi) is 3.45. The molecule has 0 aliphatic carbocycles. The Morgan fingerprint density at radius 1 is 1.18 bits per heavy atom. The molecule has 1 fully saturated rings. The van der Waals surface area contributed by atoms with Crippen molar-refractivity contribution in [3.05, 3.63) is 34.9 Å². The number of benzene rings is 1. The van der Waals surface area contributed by atoms with Crippen molar-refractivity contribution in [3.8, 4) is 0 Å². The van der Waals surface area contributed by atoms with Gasteiger partial charge in [-0.05, 0) is 44.8 Å². The summed E-state index contributed by atoms with van der Waals surface area (Å²) in [4.78, 5) is 0. The highest BCUT2D eigenvalue weighted by molar-refractivity contribution is 5.30. The van der Waals surface area contributed by atoms with E-state index in [0.29, 0.717) is 19.4 Å². The van der Waals surface area contributed by atoms with Gasteiger partial charge in [0.1, 0.15) is 0 Å². The van der Waals surface area contributed by atoms with Gasteiger partial charge in [-0.15, -0.1) is 0 Å². The Hall–Kier alpha value is -1.00. The fourth-order valence-electron chi connectivity index (χ4n) is 2.33. The summed E-state index contributed by atoms with van der Waals surface area (Å²) in [6, 6.07) is 3.02. The normalized spacial score (nSPS) is 25.6. The van der Waals surface area contributed by atoms with Gasteiger partial charge in [0, 0.05) is 5.56 Å². The van der Waals surface area contributed by atoms with Crippen molar-refractivity contribution < 1.29 is 13.9 Å². The molecule has 1 atom stereocenters. The van der Waals surface area contributed by atoms with Crippen LogP contribution in [0.25, 0.3) is 0 Å². The van der Waals surface area contributed by atoms with E-state index in [1.807, 2.05) is 0 Å². The van der Waals surface area contributed by atoms with Crippen LogP contribution in [0.15, 0.2) is 12.1 Å². The lowest BCUT2D eigenvalue weighted by atomic mass is 9.86. The Morgan fingerprint density at radius 2 is 1.94 bits per heavy atom. The molecule has 1 heterocycles. The van der Waals surface area contributed by atoms with Crippen molar-refractivity contribution in [1.82, 2.24) is 5.32 Å². The molecular formula is C13H17F2NO. The largest absolute Gasteiger partial charge is 0.385 e. The number of rotatable bonds is 1. The predicted octanol–water partition coefficient (Wildman–Crippen LogP) is 2.23. The number of hydrogen-bond acceptors (Lipinski definition) is 2. The Balaban J connectivity index is 2.41. The first kappa shape index (κ1) is 12.5. The SMILES string of the molecule is Cc1ccc(C2(O)CCCNCC2)c(F)c1F. The molecule has 4 heteroatoms. The van der Waals surface area contributed by atoms with Crippen LogP contribution in [0.3, 0.4) is 0 Å². The molecule has 1 saturated heterocycles. The first-order valence-electron chi connectivity index (χ1n) is 5.93. The molecule has 1 unspecified atom stereocenters. The molecule has 2 nitrogen and oxygen atoms in total. The van der Waals surface area contributed by atoms with Crippen LogP contribution in [0.4, 0.5) is 8.78 Å². The predicted molar refractivity (Wildman–Crippen MR) is 61.7 cm³/mol. The molecule has 94 valence electrons. The summed E-state index contributed by atoms with van der Waals surface area (Å²) in [5, 5.41) is 13.6. The summed E-state index contributed by atoms with van der Waals surface area (Å²) in [7, 11) is 0. The Morgan fingerprint density at radius 3 is 2.71 bits per heavy atom. The van der Waals surface area contributed by atoms with E-state index in [4.69, 9.17) is 0 Å². The first-order chi connectivity index (χ1) is 8.04. The number of hydrogen-bond donors (Lipinski definition) is 2. The van der Waals surface area contributed by atoms with E-state index in [0.717, 1.165) is 13.0 Å². The van der Waals surface area contributed by atoms with E-state index >= 15 is 0 Å². The van der Waals surface area contributed by atoms with Crippen LogP contribution in [-0.4, -0.2) is 18.2 Å². The van der Waals surface area contributed by atoms with Crippen molar-refractivity contribution >= 4 is 0 Å². The van der Waals surface area contributed by atoms with E-state index in [1.54, 1.807) is 0 Å². The third-order valence-corrected chi connectivity index (χ3v) is 3.44. The lowest BCUT2D eigenvalue weighted by Crippen LogP contribution is -2.28. The van der Waals surface area contributed by atoms with Crippen molar-refractivity contribution in [2.45, 2.75) is 31.8 Å². The van der Waals surface area contributed by atoms with E-state index in [2.05, 4.69) is 5.32 Å². The minimum Gasteiger partial charge on any atom is -0.385 e. The molecule has 0 spiro atoms. The molecule has 0 radical (unpaired) electrons. The smallest absolute Gasteiger partial charge is 0.165 e. The minimum absolute atomic E-state index is 0.0873. The first-order valence-corrected chi connectivity index (χ1v) is 5.93. The molecule has 1 aliphatic heterocycles. The maximum Gasteiger partial charge on any atom is 0.165 e. The monoisotopic (exact) mass is 241 g/mol. The van der Waals surface area contributed by atoms with Crippen molar-refractivity contribution in [3.63, 3.8) is 0 Å². The molecule has 2 rings (SSSR count). The molecule has 2 N–H and O–H groups in total. The van der Waals surface area contributed by atoms with Crippen LogP contribution < -0.4 is 5.32 Å². The summed E-state index contributed by atoms with van der Waals surface area (Å²) >= 11 is 0. The third kappa shape index (κ3) is 2.33. The summed E-state index contributed by atoms with van der Waals surface area (Å²) in [5.74, 6) is -1.76. The van der Waals surface area contributed by atoms with Crippen LogP contribution in [0.1, 0.15) is 30.4 Å². The summed E-state index contributed by atoms with van der Waals surface area (Å²) in [5.41, 5.74) is -0.895. The van der Waals surface area contributed by atoms with Gasteiger partial charge in [0.15, 0.2) is 11.6 Å². The van der Waals surface area contributed by atoms with Crippen LogP contribution in [0, 0.1) is 18.6 Å². The highest BCUT2D eigenvalue weighted by Crippen LogP contribution is 2.34. The van der Waals surface area contributed by atoms with Crippen molar-refractivity contribution in [2.24, 2.45) is 0 Å². The van der Waals surface area contributed by atoms with Crippen LogP contribution in [0.2, 0.25) is 0 Å². The second-order valence-electron chi connectivity index (χ2n) is 4.69. The van der Waals surface area contributed by atoms with Gasteiger partial charge in [-0.25, -0.2) is 8.78 Å². The molecule has 0 aromatic heterocycles. The average Bonchev–Trinajstić information content (AvgIpc) is 2.52. The molecular weight excluding hydrogens is 224 g/mol. The fraction of sp³-hybridized carbons (Fsp3) is 0.538. The zero-order valence-corrected chi connectivity index (χ0v) is 9.89. The van der Waals surface area contributed by atoms with Gasteiger partial charge in [0.05, 0.1) is 5.60 Å². The highest BCUT2D eigenvalue weighted by Gasteiger charge is 2.33. The molecule has 0 bridgehead atoms. The zero-order valence-electron chi connectivity index (χ0n) is 9.89. The Labute approximate surface area is 99.7 Å². The van der Waals surface area contributed by atoms with Gasteiger partial charge in [0.2, 0.25) is 0 Å². The maximum absolute atomic E-state index is 13.9. The lowest BCUT2D eigenvalue weighted by molar-refractivity contribution is 0.0199. The lowest BCUT2D eigenvalue weighted by Gasteiger charge is -2.27. The molecule has 1 aromatic carbocycles. The van der Waals surface area contributed by atoms with Gasteiger partial charge in [0.25, 0.3) is 0 Å². The van der Waals surface area contributed by atoms with E-state index in [-0.39, 0.29) is 11.1 Å². The number of aryl methyl sites for hydroxylation is 1. The quantitative estimate of drug-likeness (QED) is 0.790. The molecule has 1 aromatic rings. The number of nitrogens with one attached hydrogen (secondary N) is 1. The average molecular weight is 241 g/mol. The second kappa shape index (κ2) is 4.70. The second-order valence-corrected chi connectivity index (χ2v) is 4.69. The van der Waals surface area contributed by atoms with Crippen LogP contribution in [-0.2, 0) is 5.60 Å². The van der Waals surface area contributed by atoms with Gasteiger partial charge >= 0.3 is 0 Å². The van der Waals surface area contributed by atoms with Gasteiger partial charge < -0.3 is 10.4 Å². The maximum atomic E-state index is 13.9.